The Morgan fingerprint density at radius 1 is 1.41 bits per heavy atom. The molecule has 4 rings (SSSR count). The van der Waals surface area contributed by atoms with Gasteiger partial charge in [0.2, 0.25) is 5.91 Å². The molecule has 0 saturated heterocycles. The highest BCUT2D eigenvalue weighted by Crippen LogP contribution is 2.62. The van der Waals surface area contributed by atoms with Crippen molar-refractivity contribution >= 4 is 23.7 Å². The highest BCUT2D eigenvalue weighted by atomic mass is 19.1. The van der Waals surface area contributed by atoms with Crippen LogP contribution in [0.5, 0.6) is 0 Å². The molecule has 0 spiro atoms. The Hall–Kier alpha value is -2.83. The van der Waals surface area contributed by atoms with Crippen molar-refractivity contribution < 1.29 is 14.4 Å². The first-order chi connectivity index (χ1) is 15.4. The maximum Gasteiger partial charge on any atom is 0.225 e. The van der Waals surface area contributed by atoms with Crippen LogP contribution in [0.2, 0.25) is 0 Å². The van der Waals surface area contributed by atoms with Crippen LogP contribution in [0.25, 0.3) is 0 Å². The average molecular weight is 439 g/mol. The minimum Gasteiger partial charge on any atom is -0.411 e. The molecule has 1 aromatic carbocycles. The molecule has 5 atom stereocenters. The molecular weight excluding hydrogens is 407 g/mol. The molecule has 2 saturated carbocycles. The third-order valence-electron chi connectivity index (χ3n) is 8.09. The third kappa shape index (κ3) is 3.89. The van der Waals surface area contributed by atoms with Gasteiger partial charge in [-0.05, 0) is 91.5 Å². The summed E-state index contributed by atoms with van der Waals surface area (Å²) >= 11 is 0. The average Bonchev–Trinajstić information content (AvgIpc) is 3.08. The van der Waals surface area contributed by atoms with E-state index in [0.717, 1.165) is 48.7 Å². The Bertz CT molecular complexity index is 988. The number of amides is 1. The lowest BCUT2D eigenvalue weighted by molar-refractivity contribution is -0.120. The van der Waals surface area contributed by atoms with Crippen molar-refractivity contribution in [3.63, 3.8) is 0 Å². The van der Waals surface area contributed by atoms with Crippen molar-refractivity contribution in [1.29, 1.82) is 10.8 Å². The zero-order valence-electron chi connectivity index (χ0n) is 18.4. The third-order valence-corrected chi connectivity index (χ3v) is 8.09. The van der Waals surface area contributed by atoms with Crippen LogP contribution in [0.4, 0.5) is 4.39 Å². The normalized spacial score (nSPS) is 32.2. The Morgan fingerprint density at radius 3 is 2.97 bits per heavy atom. The molecule has 0 radical (unpaired) electrons. The molecule has 1 aromatic rings. The predicted octanol–water partition coefficient (Wildman–Crippen LogP) is 4.82. The lowest BCUT2D eigenvalue weighted by Gasteiger charge is -2.50. The van der Waals surface area contributed by atoms with Crippen LogP contribution in [0.15, 0.2) is 35.5 Å². The molecule has 7 heteroatoms. The highest BCUT2D eigenvalue weighted by Gasteiger charge is 2.57. The highest BCUT2D eigenvalue weighted by molar-refractivity contribution is 6.03. The minimum atomic E-state index is -0.218. The van der Waals surface area contributed by atoms with Crippen LogP contribution in [0, 0.1) is 39.8 Å². The van der Waals surface area contributed by atoms with Crippen molar-refractivity contribution in [2.24, 2.45) is 28.3 Å². The Labute approximate surface area is 188 Å². The van der Waals surface area contributed by atoms with Gasteiger partial charge in [0.15, 0.2) is 0 Å². The first-order valence-corrected chi connectivity index (χ1v) is 11.4. The second-order valence-electron chi connectivity index (χ2n) is 9.64. The maximum atomic E-state index is 14.4. The van der Waals surface area contributed by atoms with Gasteiger partial charge in [-0.1, -0.05) is 24.2 Å². The van der Waals surface area contributed by atoms with E-state index in [1.54, 1.807) is 6.07 Å². The molecule has 4 N–H and O–H groups in total. The summed E-state index contributed by atoms with van der Waals surface area (Å²) in [5, 5.41) is 30.7. The van der Waals surface area contributed by atoms with Gasteiger partial charge >= 0.3 is 0 Å². The van der Waals surface area contributed by atoms with Crippen molar-refractivity contribution in [3.05, 3.63) is 47.3 Å². The van der Waals surface area contributed by atoms with Gasteiger partial charge < -0.3 is 15.9 Å². The molecule has 3 aliphatic rings. The summed E-state index contributed by atoms with van der Waals surface area (Å²) in [5.74, 6) is 0.830. The fourth-order valence-electron chi connectivity index (χ4n) is 6.79. The van der Waals surface area contributed by atoms with Crippen LogP contribution < -0.4 is 5.32 Å². The van der Waals surface area contributed by atoms with Crippen molar-refractivity contribution in [2.45, 2.75) is 57.8 Å². The van der Waals surface area contributed by atoms with E-state index in [2.05, 4.69) is 23.5 Å². The Balaban J connectivity index is 1.53. The van der Waals surface area contributed by atoms with E-state index in [-0.39, 0.29) is 34.8 Å². The molecule has 32 heavy (non-hydrogen) atoms. The zero-order valence-corrected chi connectivity index (χ0v) is 18.4. The van der Waals surface area contributed by atoms with Gasteiger partial charge in [-0.3, -0.25) is 10.2 Å². The molecule has 3 unspecified atom stereocenters. The quantitative estimate of drug-likeness (QED) is 0.229. The lowest BCUT2D eigenvalue weighted by atomic mass is 9.54. The van der Waals surface area contributed by atoms with E-state index in [9.17, 15) is 14.4 Å². The fraction of sp³-hybridized carbons (Fsp3) is 0.520. The molecule has 3 aliphatic carbocycles. The number of hydrogen-bond donors (Lipinski definition) is 4. The van der Waals surface area contributed by atoms with Crippen molar-refractivity contribution in [2.75, 3.05) is 0 Å². The lowest BCUT2D eigenvalue weighted by Crippen LogP contribution is -2.44. The summed E-state index contributed by atoms with van der Waals surface area (Å²) in [5.41, 5.74) is 2.64. The van der Waals surface area contributed by atoms with Crippen LogP contribution in [0.1, 0.15) is 62.5 Å². The van der Waals surface area contributed by atoms with Crippen molar-refractivity contribution in [1.82, 2.24) is 5.32 Å². The van der Waals surface area contributed by atoms with E-state index < -0.39 is 0 Å². The van der Waals surface area contributed by atoms with Gasteiger partial charge in [0, 0.05) is 18.1 Å². The van der Waals surface area contributed by atoms with E-state index >= 15 is 0 Å². The Kier molecular flexibility index (Phi) is 6.26. The summed E-state index contributed by atoms with van der Waals surface area (Å²) in [6.45, 7) is 2.20. The van der Waals surface area contributed by atoms with Gasteiger partial charge in [-0.15, -0.1) is 0 Å². The number of amidine groups is 1. The molecule has 0 aliphatic heterocycles. The Morgan fingerprint density at radius 2 is 2.22 bits per heavy atom. The molecule has 6 nitrogen and oxygen atoms in total. The molecular formula is C25H31FN4O2. The van der Waals surface area contributed by atoms with Gasteiger partial charge in [0.25, 0.3) is 0 Å². The maximum absolute atomic E-state index is 14.4. The standard InChI is InChI=1S/C25H31FN4O2/c1-25-12-11-17-16-4-2-5-20(26)18(16)8-9-19(17)24(25)15(14-21(25)30-32)7-10-23(31)29-22(28)6-3-13-27/h2-6,13,15,17,19,24,27,32H,7-12,14H2,1H3,(H2,28,29,31)/b6-3-,27-13?,30-21+/t15-,17?,19?,24?,25-/m1/s1. The monoisotopic (exact) mass is 438 g/mol. The van der Waals surface area contributed by atoms with Gasteiger partial charge in [-0.2, -0.15) is 0 Å². The largest absolute Gasteiger partial charge is 0.411 e. The number of carbonyl (C=O) groups is 1. The van der Waals surface area contributed by atoms with Crippen molar-refractivity contribution in [3.8, 4) is 0 Å². The van der Waals surface area contributed by atoms with Crippen LogP contribution in [0.3, 0.4) is 0 Å². The van der Waals surface area contributed by atoms with E-state index in [4.69, 9.17) is 10.8 Å². The number of allylic oxidation sites excluding steroid dienone is 1. The number of oxime groups is 1. The second-order valence-corrected chi connectivity index (χ2v) is 9.64. The number of benzene rings is 1. The summed E-state index contributed by atoms with van der Waals surface area (Å²) < 4.78 is 14.4. The number of hydrogen-bond acceptors (Lipinski definition) is 5. The number of nitrogens with one attached hydrogen (secondary N) is 3. The summed E-state index contributed by atoms with van der Waals surface area (Å²) in [6, 6.07) is 5.43. The van der Waals surface area contributed by atoms with Gasteiger partial charge in [-0.25, -0.2) is 4.39 Å². The van der Waals surface area contributed by atoms with Gasteiger partial charge in [0.1, 0.15) is 11.7 Å². The van der Waals surface area contributed by atoms with Gasteiger partial charge in [0.05, 0.1) is 5.71 Å². The number of fused-ring (bicyclic) bond motifs is 5. The summed E-state index contributed by atoms with van der Waals surface area (Å²) in [6.07, 6.45) is 8.95. The van der Waals surface area contributed by atoms with Crippen LogP contribution >= 0.6 is 0 Å². The fourth-order valence-corrected chi connectivity index (χ4v) is 6.79. The number of halogens is 1. The minimum absolute atomic E-state index is 0.0315. The molecule has 1 amide bonds. The summed E-state index contributed by atoms with van der Waals surface area (Å²) in [7, 11) is 0. The van der Waals surface area contributed by atoms with Crippen LogP contribution in [-0.2, 0) is 11.2 Å². The van der Waals surface area contributed by atoms with E-state index in [0.29, 0.717) is 31.1 Å². The van der Waals surface area contributed by atoms with Crippen LogP contribution in [-0.4, -0.2) is 28.9 Å². The number of carbonyl (C=O) groups excluding carboxylic acids is 1. The zero-order chi connectivity index (χ0) is 22.9. The topological polar surface area (TPSA) is 109 Å². The second kappa shape index (κ2) is 8.96. The molecule has 0 aromatic heterocycles. The predicted molar refractivity (Wildman–Crippen MR) is 122 cm³/mol. The number of nitrogens with zero attached hydrogens (tertiary/aromatic N) is 1. The van der Waals surface area contributed by atoms with E-state index in [1.165, 1.54) is 12.2 Å². The molecule has 0 bridgehead atoms. The van der Waals surface area contributed by atoms with E-state index in [1.807, 2.05) is 6.07 Å². The summed E-state index contributed by atoms with van der Waals surface area (Å²) in [4.78, 5) is 12.4. The SMILES string of the molecule is C[C@]12CCC3c4cccc(F)c4CCC3C1[C@H](CCC(=O)NC(=N)/C=C\C=N)C/C2=N\O. The first kappa shape index (κ1) is 22.4. The molecule has 170 valence electrons. The smallest absolute Gasteiger partial charge is 0.225 e. The molecule has 0 heterocycles. The number of rotatable bonds is 5. The molecule has 2 fully saturated rings. The first-order valence-electron chi connectivity index (χ1n) is 11.4.